The van der Waals surface area contributed by atoms with Crippen LogP contribution in [0.1, 0.15) is 23.5 Å². The van der Waals surface area contributed by atoms with E-state index >= 15 is 0 Å². The molecule has 1 heterocycles. The second-order valence-corrected chi connectivity index (χ2v) is 8.85. The molecule has 3 aromatic rings. The summed E-state index contributed by atoms with van der Waals surface area (Å²) in [5.41, 5.74) is 7.05. The van der Waals surface area contributed by atoms with Gasteiger partial charge in [-0.05, 0) is 43.3 Å². The van der Waals surface area contributed by atoms with Gasteiger partial charge in [-0.15, -0.1) is 11.3 Å². The summed E-state index contributed by atoms with van der Waals surface area (Å²) in [4.78, 5) is 4.69. The summed E-state index contributed by atoms with van der Waals surface area (Å²) in [7, 11) is -3.70. The maximum absolute atomic E-state index is 12.9. The Labute approximate surface area is 155 Å². The molecule has 1 aromatic heterocycles. The lowest BCUT2D eigenvalue weighted by Crippen LogP contribution is -2.27. The molecule has 0 amide bonds. The summed E-state index contributed by atoms with van der Waals surface area (Å²) in [6, 6.07) is 11.8. The minimum atomic E-state index is -3.70. The standard InChI is InChI=1S/C17H18ClN3O2S2/c1-11(12-4-2-5-13(18)10-12)21-25(22,23)15-7-3-6-14-17(15)24-16(20-14)8-9-19/h2-7,10-11,21H,8-9,19H2,1H3. The summed E-state index contributed by atoms with van der Waals surface area (Å²) in [6.07, 6.45) is 0.630. The minimum Gasteiger partial charge on any atom is -0.330 e. The van der Waals surface area contributed by atoms with Gasteiger partial charge in [0, 0.05) is 17.5 Å². The highest BCUT2D eigenvalue weighted by molar-refractivity contribution is 7.90. The number of nitrogens with one attached hydrogen (secondary N) is 1. The summed E-state index contributed by atoms with van der Waals surface area (Å²) in [5.74, 6) is 0. The van der Waals surface area contributed by atoms with Crippen molar-refractivity contribution in [3.63, 3.8) is 0 Å². The van der Waals surface area contributed by atoms with Crippen molar-refractivity contribution in [3.05, 3.63) is 58.1 Å². The monoisotopic (exact) mass is 395 g/mol. The molecule has 0 aliphatic carbocycles. The van der Waals surface area contributed by atoms with E-state index in [1.807, 2.05) is 12.1 Å². The first-order valence-corrected chi connectivity index (χ1v) is 10.4. The molecule has 0 saturated heterocycles. The molecule has 132 valence electrons. The van der Waals surface area contributed by atoms with E-state index in [-0.39, 0.29) is 4.90 Å². The molecule has 5 nitrogen and oxygen atoms in total. The molecule has 3 N–H and O–H groups in total. The smallest absolute Gasteiger partial charge is 0.242 e. The maximum Gasteiger partial charge on any atom is 0.242 e. The van der Waals surface area contributed by atoms with Gasteiger partial charge in [-0.3, -0.25) is 0 Å². The lowest BCUT2D eigenvalue weighted by atomic mass is 10.1. The van der Waals surface area contributed by atoms with E-state index in [9.17, 15) is 8.42 Å². The third-order valence-corrected chi connectivity index (χ3v) is 6.86. The second kappa shape index (κ2) is 7.39. The Bertz CT molecular complexity index is 1000. The van der Waals surface area contributed by atoms with E-state index in [2.05, 4.69) is 9.71 Å². The number of aromatic nitrogens is 1. The van der Waals surface area contributed by atoms with Gasteiger partial charge in [0.1, 0.15) is 4.90 Å². The summed E-state index contributed by atoms with van der Waals surface area (Å²) >= 11 is 7.36. The number of nitrogens with zero attached hydrogens (tertiary/aromatic N) is 1. The van der Waals surface area contributed by atoms with Gasteiger partial charge in [0.15, 0.2) is 0 Å². The Morgan fingerprint density at radius 2 is 2.04 bits per heavy atom. The van der Waals surface area contributed by atoms with Crippen LogP contribution < -0.4 is 10.5 Å². The van der Waals surface area contributed by atoms with Gasteiger partial charge in [0.2, 0.25) is 10.0 Å². The molecule has 0 aliphatic rings. The van der Waals surface area contributed by atoms with Crippen molar-refractivity contribution >= 4 is 43.2 Å². The van der Waals surface area contributed by atoms with Crippen LogP contribution in [0.5, 0.6) is 0 Å². The molecule has 1 atom stereocenters. The molecule has 8 heteroatoms. The highest BCUT2D eigenvalue weighted by atomic mass is 35.5. The maximum atomic E-state index is 12.9. The molecule has 0 radical (unpaired) electrons. The minimum absolute atomic E-state index is 0.236. The number of sulfonamides is 1. The van der Waals surface area contributed by atoms with E-state index in [1.54, 1.807) is 37.3 Å². The van der Waals surface area contributed by atoms with Crippen LogP contribution in [0.25, 0.3) is 10.2 Å². The zero-order valence-electron chi connectivity index (χ0n) is 13.6. The zero-order valence-corrected chi connectivity index (χ0v) is 16.0. The van der Waals surface area contributed by atoms with Crippen molar-refractivity contribution in [2.75, 3.05) is 6.54 Å². The average molecular weight is 396 g/mol. The quantitative estimate of drug-likeness (QED) is 0.669. The van der Waals surface area contributed by atoms with Crippen molar-refractivity contribution in [2.24, 2.45) is 5.73 Å². The Hall–Kier alpha value is -1.51. The Morgan fingerprint density at radius 1 is 1.28 bits per heavy atom. The Morgan fingerprint density at radius 3 is 2.76 bits per heavy atom. The van der Waals surface area contributed by atoms with Gasteiger partial charge in [-0.2, -0.15) is 0 Å². The fourth-order valence-corrected chi connectivity index (χ4v) is 5.53. The van der Waals surface area contributed by atoms with Crippen molar-refractivity contribution in [3.8, 4) is 0 Å². The molecular formula is C17H18ClN3O2S2. The van der Waals surface area contributed by atoms with Gasteiger partial charge < -0.3 is 5.73 Å². The molecule has 3 rings (SSSR count). The molecule has 0 bridgehead atoms. The molecule has 0 spiro atoms. The predicted octanol–water partition coefficient (Wildman–Crippen LogP) is 3.49. The summed E-state index contributed by atoms with van der Waals surface area (Å²) in [6.45, 7) is 2.27. The van der Waals surface area contributed by atoms with E-state index < -0.39 is 16.1 Å². The topological polar surface area (TPSA) is 85.1 Å². The summed E-state index contributed by atoms with van der Waals surface area (Å²) in [5, 5.41) is 1.41. The third-order valence-electron chi connectivity index (χ3n) is 3.75. The van der Waals surface area contributed by atoms with Crippen LogP contribution in [0.2, 0.25) is 5.02 Å². The molecule has 25 heavy (non-hydrogen) atoms. The molecule has 0 fully saturated rings. The van der Waals surface area contributed by atoms with Crippen LogP contribution in [0.4, 0.5) is 0 Å². The second-order valence-electron chi connectivity index (χ2n) is 5.65. The van der Waals surface area contributed by atoms with Gasteiger partial charge in [-0.25, -0.2) is 18.1 Å². The molecule has 0 saturated carbocycles. The van der Waals surface area contributed by atoms with Crippen LogP contribution in [0, 0.1) is 0 Å². The lowest BCUT2D eigenvalue weighted by molar-refractivity contribution is 0.568. The predicted molar refractivity (Wildman–Crippen MR) is 103 cm³/mol. The highest BCUT2D eigenvalue weighted by Crippen LogP contribution is 2.30. The lowest BCUT2D eigenvalue weighted by Gasteiger charge is -2.15. The molecule has 2 aromatic carbocycles. The first-order valence-electron chi connectivity index (χ1n) is 7.77. The third kappa shape index (κ3) is 4.02. The number of hydrogen-bond donors (Lipinski definition) is 2. The molecular weight excluding hydrogens is 378 g/mol. The average Bonchev–Trinajstić information content (AvgIpc) is 2.97. The Balaban J connectivity index is 1.95. The van der Waals surface area contributed by atoms with Gasteiger partial charge in [-0.1, -0.05) is 29.8 Å². The normalized spacial score (nSPS) is 13.2. The summed E-state index contributed by atoms with van der Waals surface area (Å²) < 4.78 is 29.2. The number of halogens is 1. The first-order chi connectivity index (χ1) is 11.9. The Kier molecular flexibility index (Phi) is 5.41. The van der Waals surface area contributed by atoms with E-state index in [0.717, 1.165) is 10.6 Å². The van der Waals surface area contributed by atoms with Crippen LogP contribution >= 0.6 is 22.9 Å². The van der Waals surface area contributed by atoms with Crippen molar-refractivity contribution in [2.45, 2.75) is 24.3 Å². The highest BCUT2D eigenvalue weighted by Gasteiger charge is 2.22. The van der Waals surface area contributed by atoms with Gasteiger partial charge in [0.25, 0.3) is 0 Å². The van der Waals surface area contributed by atoms with E-state index in [1.165, 1.54) is 11.3 Å². The van der Waals surface area contributed by atoms with Crippen LogP contribution in [-0.4, -0.2) is 19.9 Å². The largest absolute Gasteiger partial charge is 0.330 e. The number of benzene rings is 2. The van der Waals surface area contributed by atoms with E-state index in [0.29, 0.717) is 28.2 Å². The van der Waals surface area contributed by atoms with Crippen molar-refractivity contribution in [1.82, 2.24) is 9.71 Å². The molecule has 1 unspecified atom stereocenters. The van der Waals surface area contributed by atoms with Crippen molar-refractivity contribution < 1.29 is 8.42 Å². The van der Waals surface area contributed by atoms with Crippen molar-refractivity contribution in [1.29, 1.82) is 0 Å². The van der Waals surface area contributed by atoms with Crippen LogP contribution in [0.15, 0.2) is 47.4 Å². The van der Waals surface area contributed by atoms with E-state index in [4.69, 9.17) is 17.3 Å². The van der Waals surface area contributed by atoms with Gasteiger partial charge >= 0.3 is 0 Å². The van der Waals surface area contributed by atoms with Crippen LogP contribution in [0.3, 0.4) is 0 Å². The fourth-order valence-electron chi connectivity index (χ4n) is 2.55. The number of hydrogen-bond acceptors (Lipinski definition) is 5. The molecule has 0 aliphatic heterocycles. The first kappa shape index (κ1) is 18.3. The number of thiazole rings is 1. The SMILES string of the molecule is CC(NS(=O)(=O)c1cccc2nc(CCN)sc12)c1cccc(Cl)c1. The van der Waals surface area contributed by atoms with Gasteiger partial charge in [0.05, 0.1) is 15.2 Å². The number of fused-ring (bicyclic) bond motifs is 1. The number of nitrogens with two attached hydrogens (primary N) is 1. The number of rotatable bonds is 6. The zero-order chi connectivity index (χ0) is 18.0. The fraction of sp³-hybridized carbons (Fsp3) is 0.235. The van der Waals surface area contributed by atoms with Crippen LogP contribution in [-0.2, 0) is 16.4 Å².